The van der Waals surface area contributed by atoms with Gasteiger partial charge in [-0.05, 0) is 40.5 Å². The molecule has 8 heteroatoms. The minimum absolute atomic E-state index is 0.0265. The molecule has 7 nitrogen and oxygen atoms in total. The van der Waals surface area contributed by atoms with Crippen molar-refractivity contribution in [3.05, 3.63) is 40.6 Å². The monoisotopic (exact) mass is 360 g/mol. The van der Waals surface area contributed by atoms with Crippen molar-refractivity contribution in [2.75, 3.05) is 13.1 Å². The zero-order valence-electron chi connectivity index (χ0n) is 11.6. The Balaban J connectivity index is 1.53. The SMILES string of the molecule is O=C(c1ccc2n[nH]nc2c1)N1CCC(n2cc(Br)cn2)C1. The number of aromatic amines is 1. The summed E-state index contributed by atoms with van der Waals surface area (Å²) in [4.78, 5) is 14.5. The van der Waals surface area contributed by atoms with E-state index in [0.29, 0.717) is 17.6 Å². The highest BCUT2D eigenvalue weighted by atomic mass is 79.9. The molecule has 3 aromatic rings. The van der Waals surface area contributed by atoms with Crippen LogP contribution in [0.1, 0.15) is 22.8 Å². The highest BCUT2D eigenvalue weighted by Crippen LogP contribution is 2.24. The minimum Gasteiger partial charge on any atom is -0.336 e. The Bertz CT molecular complexity index is 841. The predicted octanol–water partition coefficient (Wildman–Crippen LogP) is 2.00. The Labute approximate surface area is 134 Å². The van der Waals surface area contributed by atoms with Crippen molar-refractivity contribution in [1.29, 1.82) is 0 Å². The summed E-state index contributed by atoms with van der Waals surface area (Å²) in [5.74, 6) is 0.0265. The lowest BCUT2D eigenvalue weighted by Crippen LogP contribution is -2.29. The van der Waals surface area contributed by atoms with E-state index in [2.05, 4.69) is 36.4 Å². The fourth-order valence-electron chi connectivity index (χ4n) is 2.81. The third kappa shape index (κ3) is 2.29. The highest BCUT2D eigenvalue weighted by Gasteiger charge is 2.28. The summed E-state index contributed by atoms with van der Waals surface area (Å²) >= 11 is 3.40. The number of benzene rings is 1. The lowest BCUT2D eigenvalue weighted by atomic mass is 10.2. The number of hydrogen-bond acceptors (Lipinski definition) is 4. The maximum absolute atomic E-state index is 12.6. The van der Waals surface area contributed by atoms with E-state index >= 15 is 0 Å². The zero-order valence-corrected chi connectivity index (χ0v) is 13.2. The Kier molecular flexibility index (Phi) is 3.18. The van der Waals surface area contributed by atoms with Crippen LogP contribution in [0.25, 0.3) is 11.0 Å². The van der Waals surface area contributed by atoms with Gasteiger partial charge in [0.25, 0.3) is 5.91 Å². The van der Waals surface area contributed by atoms with Crippen LogP contribution < -0.4 is 0 Å². The van der Waals surface area contributed by atoms with E-state index in [-0.39, 0.29) is 11.9 Å². The molecule has 112 valence electrons. The average Bonchev–Trinajstić information content (AvgIpc) is 3.25. The number of rotatable bonds is 2. The Morgan fingerprint density at radius 2 is 2.18 bits per heavy atom. The summed E-state index contributed by atoms with van der Waals surface area (Å²) < 4.78 is 2.87. The molecule has 1 N–H and O–H groups in total. The van der Waals surface area contributed by atoms with Gasteiger partial charge in [-0.15, -0.1) is 0 Å². The smallest absolute Gasteiger partial charge is 0.254 e. The number of nitrogens with zero attached hydrogens (tertiary/aromatic N) is 5. The quantitative estimate of drug-likeness (QED) is 0.757. The largest absolute Gasteiger partial charge is 0.336 e. The topological polar surface area (TPSA) is 79.7 Å². The van der Waals surface area contributed by atoms with Crippen LogP contribution in [0.5, 0.6) is 0 Å². The first-order valence-corrected chi connectivity index (χ1v) is 7.79. The summed E-state index contributed by atoms with van der Waals surface area (Å²) in [5.41, 5.74) is 2.11. The molecular formula is C14H13BrN6O. The molecule has 1 fully saturated rings. The van der Waals surface area contributed by atoms with Gasteiger partial charge in [0.15, 0.2) is 0 Å². The van der Waals surface area contributed by atoms with E-state index < -0.39 is 0 Å². The van der Waals surface area contributed by atoms with Gasteiger partial charge in [0.05, 0.1) is 16.7 Å². The fraction of sp³-hybridized carbons (Fsp3) is 0.286. The molecule has 1 aliphatic rings. The number of H-pyrrole nitrogens is 1. The molecule has 4 rings (SSSR count). The van der Waals surface area contributed by atoms with E-state index in [1.165, 1.54) is 0 Å². The van der Waals surface area contributed by atoms with Crippen LogP contribution in [0.15, 0.2) is 35.1 Å². The van der Waals surface area contributed by atoms with Gasteiger partial charge in [-0.2, -0.15) is 20.5 Å². The molecule has 1 saturated heterocycles. The van der Waals surface area contributed by atoms with Gasteiger partial charge in [-0.3, -0.25) is 9.48 Å². The molecule has 22 heavy (non-hydrogen) atoms. The molecule has 2 aromatic heterocycles. The van der Waals surface area contributed by atoms with Crippen LogP contribution in [0.3, 0.4) is 0 Å². The summed E-state index contributed by atoms with van der Waals surface area (Å²) in [6.45, 7) is 1.40. The second-order valence-corrected chi connectivity index (χ2v) is 6.28. The first kappa shape index (κ1) is 13.4. The standard InChI is InChI=1S/C14H13BrN6O/c15-10-6-16-21(7-10)11-3-4-20(8-11)14(22)9-1-2-12-13(5-9)18-19-17-12/h1-2,5-7,11H,3-4,8H2,(H,17,18,19). The maximum atomic E-state index is 12.6. The average molecular weight is 361 g/mol. The van der Waals surface area contributed by atoms with Crippen LogP contribution in [-0.2, 0) is 0 Å². The van der Waals surface area contributed by atoms with Crippen molar-refractivity contribution in [3.8, 4) is 0 Å². The van der Waals surface area contributed by atoms with E-state index in [1.807, 2.05) is 21.8 Å². The number of aromatic nitrogens is 5. The van der Waals surface area contributed by atoms with Gasteiger partial charge in [-0.1, -0.05) is 0 Å². The summed E-state index contributed by atoms with van der Waals surface area (Å²) in [6, 6.07) is 5.61. The number of likely N-dealkylation sites (tertiary alicyclic amines) is 1. The Hall–Kier alpha value is -2.22. The van der Waals surface area contributed by atoms with Crippen molar-refractivity contribution in [2.24, 2.45) is 0 Å². The lowest BCUT2D eigenvalue weighted by Gasteiger charge is -2.16. The molecule has 0 bridgehead atoms. The van der Waals surface area contributed by atoms with Crippen molar-refractivity contribution >= 4 is 32.9 Å². The van der Waals surface area contributed by atoms with Gasteiger partial charge in [0.1, 0.15) is 11.0 Å². The Morgan fingerprint density at radius 3 is 3.00 bits per heavy atom. The van der Waals surface area contributed by atoms with Crippen LogP contribution in [0.2, 0.25) is 0 Å². The summed E-state index contributed by atoms with van der Waals surface area (Å²) in [5, 5.41) is 14.9. The van der Waals surface area contributed by atoms with Crippen molar-refractivity contribution in [3.63, 3.8) is 0 Å². The number of hydrogen-bond donors (Lipinski definition) is 1. The number of nitrogens with one attached hydrogen (secondary N) is 1. The van der Waals surface area contributed by atoms with E-state index in [9.17, 15) is 4.79 Å². The van der Waals surface area contributed by atoms with Crippen LogP contribution in [-0.4, -0.2) is 49.1 Å². The van der Waals surface area contributed by atoms with Crippen molar-refractivity contribution in [1.82, 2.24) is 30.1 Å². The van der Waals surface area contributed by atoms with Gasteiger partial charge < -0.3 is 4.90 Å². The summed E-state index contributed by atoms with van der Waals surface area (Å²) in [7, 11) is 0. The molecule has 0 radical (unpaired) electrons. The maximum Gasteiger partial charge on any atom is 0.254 e. The van der Waals surface area contributed by atoms with Gasteiger partial charge >= 0.3 is 0 Å². The third-order valence-electron chi connectivity index (χ3n) is 3.96. The zero-order chi connectivity index (χ0) is 15.1. The second-order valence-electron chi connectivity index (χ2n) is 5.36. The molecule has 1 aliphatic heterocycles. The molecule has 1 atom stereocenters. The van der Waals surface area contributed by atoms with E-state index in [4.69, 9.17) is 0 Å². The number of carbonyl (C=O) groups is 1. The van der Waals surface area contributed by atoms with Crippen LogP contribution >= 0.6 is 15.9 Å². The number of carbonyl (C=O) groups excluding carboxylic acids is 1. The summed E-state index contributed by atoms with van der Waals surface area (Å²) in [6.07, 6.45) is 4.62. The molecule has 0 aliphatic carbocycles. The van der Waals surface area contributed by atoms with Gasteiger partial charge in [-0.25, -0.2) is 0 Å². The first-order chi connectivity index (χ1) is 10.7. The molecular weight excluding hydrogens is 348 g/mol. The van der Waals surface area contributed by atoms with E-state index in [0.717, 1.165) is 23.0 Å². The molecule has 0 saturated carbocycles. The van der Waals surface area contributed by atoms with Gasteiger partial charge in [0, 0.05) is 24.8 Å². The predicted molar refractivity (Wildman–Crippen MR) is 83.4 cm³/mol. The third-order valence-corrected chi connectivity index (χ3v) is 4.37. The molecule has 0 spiro atoms. The number of halogens is 1. The van der Waals surface area contributed by atoms with Crippen molar-refractivity contribution < 1.29 is 4.79 Å². The Morgan fingerprint density at radius 1 is 1.32 bits per heavy atom. The minimum atomic E-state index is 0.0265. The number of fused-ring (bicyclic) bond motifs is 1. The second kappa shape index (κ2) is 5.20. The molecule has 1 aromatic carbocycles. The van der Waals surface area contributed by atoms with Crippen molar-refractivity contribution in [2.45, 2.75) is 12.5 Å². The van der Waals surface area contributed by atoms with Crippen LogP contribution in [0.4, 0.5) is 0 Å². The molecule has 3 heterocycles. The first-order valence-electron chi connectivity index (χ1n) is 7.00. The normalized spacial score (nSPS) is 18.2. The lowest BCUT2D eigenvalue weighted by molar-refractivity contribution is 0.0787. The fourth-order valence-corrected chi connectivity index (χ4v) is 3.11. The molecule has 1 amide bonds. The molecule has 1 unspecified atom stereocenters. The van der Waals surface area contributed by atoms with Crippen LogP contribution in [0, 0.1) is 0 Å². The highest BCUT2D eigenvalue weighted by molar-refractivity contribution is 9.10. The van der Waals surface area contributed by atoms with E-state index in [1.54, 1.807) is 18.3 Å². The number of amides is 1. The van der Waals surface area contributed by atoms with Gasteiger partial charge in [0.2, 0.25) is 0 Å².